The summed E-state index contributed by atoms with van der Waals surface area (Å²) in [6.07, 6.45) is 5.22. The lowest BCUT2D eigenvalue weighted by Gasteiger charge is -2.27. The number of benzene rings is 3. The molecule has 3 aromatic rings. The fourth-order valence-corrected chi connectivity index (χ4v) is 4.66. The molecule has 3 rings (SSSR count). The summed E-state index contributed by atoms with van der Waals surface area (Å²) in [5, 5.41) is 32.6. The summed E-state index contributed by atoms with van der Waals surface area (Å²) in [6.45, 7) is 0. The highest BCUT2D eigenvalue weighted by molar-refractivity contribution is 8.36. The highest BCUT2D eigenvalue weighted by Gasteiger charge is 2.38. The van der Waals surface area contributed by atoms with E-state index < -0.39 is 43.0 Å². The fraction of sp³-hybridized carbons (Fsp3) is 0.0909. The average Bonchev–Trinajstić information content (AvgIpc) is 2.78. The Bertz CT molecular complexity index is 1250. The van der Waals surface area contributed by atoms with Crippen LogP contribution in [0.2, 0.25) is 0 Å². The third kappa shape index (κ3) is 5.33. The van der Waals surface area contributed by atoms with Crippen molar-refractivity contribution in [2.24, 2.45) is 0 Å². The number of nitro groups is 2. The van der Waals surface area contributed by atoms with Crippen molar-refractivity contribution >= 4 is 38.4 Å². The van der Waals surface area contributed by atoms with E-state index in [0.29, 0.717) is 11.0 Å². The van der Waals surface area contributed by atoms with Gasteiger partial charge in [0.05, 0.1) is 20.8 Å². The molecule has 0 bridgehead atoms. The van der Waals surface area contributed by atoms with Crippen molar-refractivity contribution in [1.29, 1.82) is 0 Å². The third-order valence-corrected chi connectivity index (χ3v) is 6.52. The molecule has 0 fully saturated rings. The second-order valence-corrected chi connectivity index (χ2v) is 10.3. The van der Waals surface area contributed by atoms with Gasteiger partial charge >= 0.3 is 11.4 Å². The average molecular weight is 470 g/mol. The lowest BCUT2D eigenvalue weighted by atomic mass is 10.1. The number of phenols is 1. The first-order chi connectivity index (χ1) is 15.6. The van der Waals surface area contributed by atoms with E-state index in [1.807, 2.05) is 66.7 Å². The monoisotopic (exact) mass is 470 g/mol. The van der Waals surface area contributed by atoms with Crippen molar-refractivity contribution in [3.63, 3.8) is 0 Å². The van der Waals surface area contributed by atoms with Crippen molar-refractivity contribution in [3.05, 3.63) is 109 Å². The molecule has 1 N–H and O–H groups in total. The SMILES string of the molecule is CS(C)(O[N+](=O)c1cc([N+](=O)[O-])cc([N+](=O)[O-])c1O)/C(=C\c1ccccc1)c1ccccc1. The molecule has 0 aliphatic heterocycles. The van der Waals surface area contributed by atoms with Gasteiger partial charge in [0.15, 0.2) is 0 Å². The topological polar surface area (TPSA) is 136 Å². The normalized spacial score (nSPS) is 12.1. The first kappa shape index (κ1) is 23.4. The molecule has 33 heavy (non-hydrogen) atoms. The molecule has 0 aliphatic carbocycles. The number of non-ortho nitro benzene ring substituents is 1. The standard InChI is InChI=1S/C22H19N3O7S/c1-33(2,21(17-11-7-4-8-12-17)13-16-9-5-3-6-10-16)32-25(31)20-15-18(23(27)28)14-19(22(20)26)24(29)30/h3-15H,1-2H3/p+1/b21-13-. The van der Waals surface area contributed by atoms with Gasteiger partial charge < -0.3 is 5.11 Å². The Kier molecular flexibility index (Phi) is 6.73. The second-order valence-electron chi connectivity index (χ2n) is 7.20. The molecule has 0 saturated carbocycles. The zero-order valence-corrected chi connectivity index (χ0v) is 18.5. The van der Waals surface area contributed by atoms with E-state index in [0.717, 1.165) is 17.2 Å². The molecule has 0 aliphatic rings. The van der Waals surface area contributed by atoms with E-state index in [1.165, 1.54) is 0 Å². The van der Waals surface area contributed by atoms with Crippen LogP contribution in [-0.2, 0) is 4.28 Å². The Balaban J connectivity index is 2.06. The molecule has 0 aromatic heterocycles. The van der Waals surface area contributed by atoms with Crippen molar-refractivity contribution < 1.29 is 24.2 Å². The quantitative estimate of drug-likeness (QED) is 0.252. The highest BCUT2D eigenvalue weighted by Crippen LogP contribution is 2.57. The molecule has 3 aromatic carbocycles. The molecule has 10 nitrogen and oxygen atoms in total. The first-order valence-corrected chi connectivity index (χ1v) is 11.9. The number of nitrogens with zero attached hydrogens (tertiary/aromatic N) is 3. The van der Waals surface area contributed by atoms with E-state index in [9.17, 15) is 30.2 Å². The summed E-state index contributed by atoms with van der Waals surface area (Å²) in [4.78, 5) is 34.0. The van der Waals surface area contributed by atoms with Crippen LogP contribution in [0, 0.1) is 25.1 Å². The van der Waals surface area contributed by atoms with Gasteiger partial charge in [-0.15, -0.1) is 0 Å². The molecule has 0 spiro atoms. The van der Waals surface area contributed by atoms with Crippen LogP contribution in [0.3, 0.4) is 0 Å². The Morgan fingerprint density at radius 2 is 1.42 bits per heavy atom. The lowest BCUT2D eigenvalue weighted by Crippen LogP contribution is -2.11. The minimum Gasteiger partial charge on any atom is -0.497 e. The number of rotatable bonds is 8. The number of hydrogen-bond acceptors (Lipinski definition) is 7. The van der Waals surface area contributed by atoms with Gasteiger partial charge in [-0.05, 0) is 17.2 Å². The largest absolute Gasteiger partial charge is 0.497 e. The lowest BCUT2D eigenvalue weighted by molar-refractivity contribution is -0.696. The van der Waals surface area contributed by atoms with Gasteiger partial charge in [0, 0.05) is 27.7 Å². The summed E-state index contributed by atoms with van der Waals surface area (Å²) in [6, 6.07) is 19.8. The van der Waals surface area contributed by atoms with Gasteiger partial charge in [-0.25, -0.2) is 0 Å². The van der Waals surface area contributed by atoms with Crippen molar-refractivity contribution in [3.8, 4) is 5.75 Å². The van der Waals surface area contributed by atoms with Crippen LogP contribution in [0.25, 0.3) is 11.0 Å². The first-order valence-electron chi connectivity index (χ1n) is 9.48. The van der Waals surface area contributed by atoms with E-state index in [1.54, 1.807) is 12.5 Å². The maximum atomic E-state index is 12.9. The van der Waals surface area contributed by atoms with E-state index >= 15 is 0 Å². The van der Waals surface area contributed by atoms with Crippen LogP contribution in [0.15, 0.2) is 72.8 Å². The Morgan fingerprint density at radius 3 is 1.97 bits per heavy atom. The summed E-state index contributed by atoms with van der Waals surface area (Å²) in [7, 11) is -2.38. The van der Waals surface area contributed by atoms with Crippen LogP contribution in [-0.4, -0.2) is 32.4 Å². The van der Waals surface area contributed by atoms with Gasteiger partial charge in [0.1, 0.15) is 6.07 Å². The summed E-state index contributed by atoms with van der Waals surface area (Å²) < 4.78 is 5.65. The van der Waals surface area contributed by atoms with Crippen molar-refractivity contribution in [2.75, 3.05) is 12.5 Å². The molecule has 170 valence electrons. The third-order valence-electron chi connectivity index (χ3n) is 4.60. The summed E-state index contributed by atoms with van der Waals surface area (Å²) >= 11 is 0. The molecule has 0 heterocycles. The van der Waals surface area contributed by atoms with Gasteiger partial charge in [-0.1, -0.05) is 60.7 Å². The van der Waals surface area contributed by atoms with Crippen LogP contribution in [0.1, 0.15) is 11.1 Å². The number of nitro benzene ring substituents is 2. The zero-order chi connectivity index (χ0) is 24.2. The molecule has 0 atom stereocenters. The van der Waals surface area contributed by atoms with Crippen molar-refractivity contribution in [2.45, 2.75) is 0 Å². The summed E-state index contributed by atoms with van der Waals surface area (Å²) in [5.41, 5.74) is -0.797. The Labute approximate surface area is 190 Å². The van der Waals surface area contributed by atoms with Gasteiger partial charge in [-0.3, -0.25) is 20.2 Å². The van der Waals surface area contributed by atoms with Crippen LogP contribution in [0.4, 0.5) is 17.1 Å². The molecule has 0 amide bonds. The number of aromatic hydroxyl groups is 1. The van der Waals surface area contributed by atoms with Crippen LogP contribution in [0.5, 0.6) is 5.75 Å². The molecule has 0 saturated heterocycles. The van der Waals surface area contributed by atoms with E-state index in [-0.39, 0.29) is 4.92 Å². The molecule has 0 radical (unpaired) electrons. The zero-order valence-electron chi connectivity index (χ0n) is 17.7. The molecule has 0 unspecified atom stereocenters. The maximum absolute atomic E-state index is 12.9. The predicted molar refractivity (Wildman–Crippen MR) is 126 cm³/mol. The van der Waals surface area contributed by atoms with Gasteiger partial charge in [-0.2, -0.15) is 4.28 Å². The molecular weight excluding hydrogens is 450 g/mol. The number of phenolic OH excluding ortho intramolecular Hbond substituents is 1. The Hall–Kier alpha value is -4.25. The predicted octanol–water partition coefficient (Wildman–Crippen LogP) is 5.73. The van der Waals surface area contributed by atoms with E-state index in [2.05, 4.69) is 0 Å². The maximum Gasteiger partial charge on any atom is 0.373 e. The fourth-order valence-electron chi connectivity index (χ4n) is 3.04. The van der Waals surface area contributed by atoms with Crippen molar-refractivity contribution in [1.82, 2.24) is 0 Å². The summed E-state index contributed by atoms with van der Waals surface area (Å²) in [5.74, 6) is -1.02. The van der Waals surface area contributed by atoms with E-state index in [4.69, 9.17) is 4.28 Å². The van der Waals surface area contributed by atoms with Gasteiger partial charge in [0.2, 0.25) is 0 Å². The Morgan fingerprint density at radius 1 is 0.879 bits per heavy atom. The van der Waals surface area contributed by atoms with Crippen LogP contribution < -0.4 is 0 Å². The highest BCUT2D eigenvalue weighted by atomic mass is 32.3. The molecular formula is C22H20N3O7S+. The van der Waals surface area contributed by atoms with Crippen LogP contribution >= 0.6 is 10.3 Å². The minimum atomic E-state index is -2.38. The van der Waals surface area contributed by atoms with Gasteiger partial charge in [0.25, 0.3) is 16.4 Å². The molecule has 11 heteroatoms. The second kappa shape index (κ2) is 9.49. The smallest absolute Gasteiger partial charge is 0.373 e. The number of hydrogen-bond donors (Lipinski definition) is 1. The minimum absolute atomic E-state index is 0.105.